The first-order valence-electron chi connectivity index (χ1n) is 3.34. The second-order valence-corrected chi connectivity index (χ2v) is 4.10. The van der Waals surface area contributed by atoms with Gasteiger partial charge in [0.2, 0.25) is 0 Å². The smallest absolute Gasteiger partial charge is 0.276 e. The van der Waals surface area contributed by atoms with Gasteiger partial charge >= 0.3 is 0 Å². The van der Waals surface area contributed by atoms with E-state index in [9.17, 15) is 4.79 Å². The number of carbonyl (C=O) groups excluding carboxylic acids is 1. The van der Waals surface area contributed by atoms with Crippen LogP contribution in [0.5, 0.6) is 0 Å². The zero-order chi connectivity index (χ0) is 9.07. The zero-order valence-corrected chi connectivity index (χ0v) is 7.92. The molecule has 11 heavy (non-hydrogen) atoms. The first-order valence-corrected chi connectivity index (χ1v) is 4.32. The molecule has 0 aromatic heterocycles. The van der Waals surface area contributed by atoms with Crippen LogP contribution >= 0.6 is 11.8 Å². The van der Waals surface area contributed by atoms with E-state index in [2.05, 4.69) is 0 Å². The molecule has 0 fully saturated rings. The van der Waals surface area contributed by atoms with Gasteiger partial charge < -0.3 is 11.1 Å². The number of nitrogens with two attached hydrogens (primary N) is 1. The number of carbonyl (C=O) groups is 1. The zero-order valence-electron chi connectivity index (χ0n) is 7.10. The normalized spacial score (nSPS) is 11.2. The Morgan fingerprint density at radius 3 is 2.36 bits per heavy atom. The Hall–Kier alpha value is -0.510. The van der Waals surface area contributed by atoms with Gasteiger partial charge in [-0.1, -0.05) is 25.6 Å². The molecule has 0 saturated heterocycles. The van der Waals surface area contributed by atoms with Crippen LogP contribution in [-0.2, 0) is 0 Å². The minimum Gasteiger partial charge on any atom is -0.361 e. The van der Waals surface area contributed by atoms with Gasteiger partial charge in [0.1, 0.15) is 0 Å². The van der Waals surface area contributed by atoms with Crippen molar-refractivity contribution < 1.29 is 4.79 Å². The van der Waals surface area contributed by atoms with Crippen molar-refractivity contribution in [1.82, 2.24) is 0 Å². The van der Waals surface area contributed by atoms with Gasteiger partial charge in [-0.3, -0.25) is 4.79 Å². The monoisotopic (exact) mass is 174 g/mol. The van der Waals surface area contributed by atoms with E-state index in [1.54, 1.807) is 6.92 Å². The van der Waals surface area contributed by atoms with E-state index in [0.717, 1.165) is 11.8 Å². The maximum atomic E-state index is 10.4. The Morgan fingerprint density at radius 1 is 1.64 bits per heavy atom. The summed E-state index contributed by atoms with van der Waals surface area (Å²) in [6.45, 7) is 5.58. The average Bonchev–Trinajstić information content (AvgIpc) is 1.84. The summed E-state index contributed by atoms with van der Waals surface area (Å²) in [5, 5.41) is 7.00. The van der Waals surface area contributed by atoms with E-state index in [0.29, 0.717) is 11.5 Å². The van der Waals surface area contributed by atoms with Crippen LogP contribution in [0.2, 0.25) is 0 Å². The highest BCUT2D eigenvalue weighted by Crippen LogP contribution is 2.22. The SMILES string of the molecule is CC(=N)C(C)(C)CSC(N)=O. The second kappa shape index (κ2) is 3.76. The third kappa shape index (κ3) is 4.03. The molecule has 0 bridgehead atoms. The number of hydrogen-bond donors (Lipinski definition) is 2. The topological polar surface area (TPSA) is 66.9 Å². The number of rotatable bonds is 3. The molecule has 0 unspecified atom stereocenters. The van der Waals surface area contributed by atoms with E-state index in [1.807, 2.05) is 13.8 Å². The molecule has 0 aromatic rings. The van der Waals surface area contributed by atoms with E-state index in [4.69, 9.17) is 11.1 Å². The minimum absolute atomic E-state index is 0.223. The predicted molar refractivity (Wildman–Crippen MR) is 49.2 cm³/mol. The van der Waals surface area contributed by atoms with E-state index in [1.165, 1.54) is 0 Å². The number of nitrogens with one attached hydrogen (secondary N) is 1. The van der Waals surface area contributed by atoms with Gasteiger partial charge in [0.05, 0.1) is 0 Å². The second-order valence-electron chi connectivity index (χ2n) is 3.12. The third-order valence-corrected chi connectivity index (χ3v) is 2.74. The summed E-state index contributed by atoms with van der Waals surface area (Å²) in [7, 11) is 0. The summed E-state index contributed by atoms with van der Waals surface area (Å²) in [6.07, 6.45) is 0. The Balaban J connectivity index is 3.92. The summed E-state index contributed by atoms with van der Waals surface area (Å²) in [5.74, 6) is 0.581. The molecule has 0 aromatic carbocycles. The van der Waals surface area contributed by atoms with E-state index < -0.39 is 0 Å². The molecule has 3 N–H and O–H groups in total. The summed E-state index contributed by atoms with van der Waals surface area (Å²) in [4.78, 5) is 10.4. The van der Waals surface area contributed by atoms with Crippen molar-refractivity contribution in [2.24, 2.45) is 11.1 Å². The Kier molecular flexibility index (Phi) is 3.58. The predicted octanol–water partition coefficient (Wildman–Crippen LogP) is 1.86. The fourth-order valence-electron chi connectivity index (χ4n) is 0.360. The maximum absolute atomic E-state index is 10.4. The van der Waals surface area contributed by atoms with Gasteiger partial charge in [0.15, 0.2) is 0 Å². The molecule has 64 valence electrons. The fourth-order valence-corrected chi connectivity index (χ4v) is 1.08. The number of primary amides is 1. The molecule has 0 spiro atoms. The Labute approximate surface area is 71.2 Å². The Morgan fingerprint density at radius 2 is 2.09 bits per heavy atom. The molecule has 0 aliphatic rings. The molecule has 0 rings (SSSR count). The largest absolute Gasteiger partial charge is 0.361 e. The molecule has 0 radical (unpaired) electrons. The third-order valence-electron chi connectivity index (χ3n) is 1.59. The van der Waals surface area contributed by atoms with Crippen molar-refractivity contribution in [2.75, 3.05) is 5.75 Å². The molecule has 4 heteroatoms. The molecule has 0 aliphatic heterocycles. The highest BCUT2D eigenvalue weighted by molar-refractivity contribution is 8.13. The van der Waals surface area contributed by atoms with Crippen molar-refractivity contribution in [2.45, 2.75) is 20.8 Å². The van der Waals surface area contributed by atoms with Crippen LogP contribution in [-0.4, -0.2) is 16.7 Å². The number of amides is 1. The van der Waals surface area contributed by atoms with Gasteiger partial charge in [-0.05, 0) is 6.92 Å². The molecule has 3 nitrogen and oxygen atoms in total. The van der Waals surface area contributed by atoms with Crippen LogP contribution in [0, 0.1) is 10.8 Å². The molecular formula is C7H14N2OS. The van der Waals surface area contributed by atoms with Crippen LogP contribution in [0.15, 0.2) is 0 Å². The summed E-state index contributed by atoms with van der Waals surface area (Å²) in [5.41, 5.74) is 5.31. The van der Waals surface area contributed by atoms with Crippen molar-refractivity contribution in [3.8, 4) is 0 Å². The average molecular weight is 174 g/mol. The van der Waals surface area contributed by atoms with E-state index >= 15 is 0 Å². The lowest BCUT2D eigenvalue weighted by Crippen LogP contribution is -2.25. The number of thioether (sulfide) groups is 1. The number of hydrogen-bond acceptors (Lipinski definition) is 3. The summed E-state index contributed by atoms with van der Waals surface area (Å²) < 4.78 is 0. The molecule has 0 aliphatic carbocycles. The lowest BCUT2D eigenvalue weighted by Gasteiger charge is -2.21. The van der Waals surface area contributed by atoms with Crippen molar-refractivity contribution in [3.63, 3.8) is 0 Å². The molecule has 0 atom stereocenters. The summed E-state index contributed by atoms with van der Waals surface area (Å²) in [6, 6.07) is 0. The van der Waals surface area contributed by atoms with Gasteiger partial charge in [0.25, 0.3) is 5.24 Å². The van der Waals surface area contributed by atoms with Gasteiger partial charge in [0, 0.05) is 16.9 Å². The van der Waals surface area contributed by atoms with Crippen molar-refractivity contribution in [3.05, 3.63) is 0 Å². The maximum Gasteiger partial charge on any atom is 0.276 e. The minimum atomic E-state index is -0.376. The van der Waals surface area contributed by atoms with Crippen molar-refractivity contribution >= 4 is 22.7 Å². The fraction of sp³-hybridized carbons (Fsp3) is 0.714. The Bertz CT molecular complexity index is 177. The van der Waals surface area contributed by atoms with Gasteiger partial charge in [-0.25, -0.2) is 0 Å². The van der Waals surface area contributed by atoms with Crippen LogP contribution < -0.4 is 5.73 Å². The highest BCUT2D eigenvalue weighted by atomic mass is 32.2. The van der Waals surface area contributed by atoms with E-state index in [-0.39, 0.29) is 10.7 Å². The molecule has 0 saturated carbocycles. The highest BCUT2D eigenvalue weighted by Gasteiger charge is 2.21. The lowest BCUT2D eigenvalue weighted by atomic mass is 9.91. The first kappa shape index (κ1) is 10.5. The molecular weight excluding hydrogens is 160 g/mol. The van der Waals surface area contributed by atoms with Crippen molar-refractivity contribution in [1.29, 1.82) is 5.41 Å². The first-order chi connectivity index (χ1) is 4.86. The van der Waals surface area contributed by atoms with Gasteiger partial charge in [-0.2, -0.15) is 0 Å². The van der Waals surface area contributed by atoms with Crippen LogP contribution in [0.1, 0.15) is 20.8 Å². The van der Waals surface area contributed by atoms with Crippen LogP contribution in [0.4, 0.5) is 4.79 Å². The lowest BCUT2D eigenvalue weighted by molar-refractivity contribution is 0.267. The summed E-state index contributed by atoms with van der Waals surface area (Å²) >= 11 is 1.06. The quantitative estimate of drug-likeness (QED) is 0.641. The standard InChI is InChI=1S/C7H14N2OS/c1-5(8)7(2,3)4-11-6(9)10/h8H,4H2,1-3H3,(H2,9,10). The van der Waals surface area contributed by atoms with Crippen LogP contribution in [0.25, 0.3) is 0 Å². The van der Waals surface area contributed by atoms with Gasteiger partial charge in [-0.15, -0.1) is 0 Å². The molecule has 0 heterocycles. The molecule has 1 amide bonds. The van der Waals surface area contributed by atoms with Crippen LogP contribution in [0.3, 0.4) is 0 Å².